The first-order valence-corrected chi connectivity index (χ1v) is 8.08. The second kappa shape index (κ2) is 7.40. The minimum Gasteiger partial charge on any atom is -0.479 e. The lowest BCUT2D eigenvalue weighted by molar-refractivity contribution is -0.133. The molecule has 7 heteroatoms. The van der Waals surface area contributed by atoms with Crippen LogP contribution in [0.5, 0.6) is 5.75 Å². The molecule has 1 fully saturated rings. The van der Waals surface area contributed by atoms with Crippen molar-refractivity contribution in [3.8, 4) is 5.75 Å². The molecule has 0 aliphatic carbocycles. The molecule has 1 aromatic rings. The lowest BCUT2D eigenvalue weighted by Gasteiger charge is -2.34. The van der Waals surface area contributed by atoms with E-state index in [1.165, 1.54) is 4.90 Å². The third kappa shape index (κ3) is 3.35. The van der Waals surface area contributed by atoms with Gasteiger partial charge >= 0.3 is 0 Å². The highest BCUT2D eigenvalue weighted by Gasteiger charge is 2.36. The summed E-state index contributed by atoms with van der Waals surface area (Å²) in [4.78, 5) is 28.5. The van der Waals surface area contributed by atoms with E-state index in [4.69, 9.17) is 10.5 Å². The molecule has 132 valence electrons. The molecule has 2 aliphatic heterocycles. The number of nitrogens with zero attached hydrogens (tertiary/aromatic N) is 2. The Morgan fingerprint density at radius 1 is 1.33 bits per heavy atom. The summed E-state index contributed by atoms with van der Waals surface area (Å²) in [6.45, 7) is 5.05. The van der Waals surface area contributed by atoms with Gasteiger partial charge in [-0.15, -0.1) is 12.4 Å². The molecular weight excluding hydrogens is 330 g/mol. The number of benzene rings is 1. The minimum atomic E-state index is -0.578. The molecule has 2 aliphatic rings. The normalized spacial score (nSPS) is 25.8. The first-order chi connectivity index (χ1) is 11.0. The maximum atomic E-state index is 12.7. The molecule has 0 spiro atoms. The van der Waals surface area contributed by atoms with Gasteiger partial charge in [0.15, 0.2) is 6.10 Å². The molecule has 3 rings (SSSR count). The number of ether oxygens (including phenoxy) is 1. The van der Waals surface area contributed by atoms with Gasteiger partial charge in [-0.25, -0.2) is 0 Å². The Kier molecular flexibility index (Phi) is 5.72. The van der Waals surface area contributed by atoms with Gasteiger partial charge < -0.3 is 15.4 Å². The summed E-state index contributed by atoms with van der Waals surface area (Å²) in [7, 11) is 0. The lowest BCUT2D eigenvalue weighted by atomic mass is 10.1. The average molecular weight is 354 g/mol. The van der Waals surface area contributed by atoms with Crippen molar-refractivity contribution in [2.75, 3.05) is 24.5 Å². The Morgan fingerprint density at radius 2 is 2.04 bits per heavy atom. The number of amides is 2. The van der Waals surface area contributed by atoms with Crippen LogP contribution in [0.2, 0.25) is 0 Å². The first kappa shape index (κ1) is 18.5. The van der Waals surface area contributed by atoms with Gasteiger partial charge in [0.1, 0.15) is 12.3 Å². The fourth-order valence-corrected chi connectivity index (χ4v) is 3.41. The van der Waals surface area contributed by atoms with Crippen LogP contribution in [0.1, 0.15) is 20.3 Å². The van der Waals surface area contributed by atoms with Gasteiger partial charge in [0, 0.05) is 12.6 Å². The third-order valence-corrected chi connectivity index (χ3v) is 4.68. The van der Waals surface area contributed by atoms with Crippen LogP contribution in [0.3, 0.4) is 0 Å². The summed E-state index contributed by atoms with van der Waals surface area (Å²) in [6, 6.07) is 7.49. The van der Waals surface area contributed by atoms with Crippen molar-refractivity contribution in [3.63, 3.8) is 0 Å². The van der Waals surface area contributed by atoms with Crippen molar-refractivity contribution in [2.45, 2.75) is 32.4 Å². The molecule has 1 aromatic carbocycles. The van der Waals surface area contributed by atoms with E-state index in [9.17, 15) is 9.59 Å². The van der Waals surface area contributed by atoms with Gasteiger partial charge in [0.25, 0.3) is 5.91 Å². The fraction of sp³-hybridized carbons (Fsp3) is 0.529. The van der Waals surface area contributed by atoms with Crippen molar-refractivity contribution in [2.24, 2.45) is 11.7 Å². The number of rotatable bonds is 3. The quantitative estimate of drug-likeness (QED) is 0.891. The zero-order valence-electron chi connectivity index (χ0n) is 14.0. The van der Waals surface area contributed by atoms with E-state index >= 15 is 0 Å². The topological polar surface area (TPSA) is 75.9 Å². The fourth-order valence-electron chi connectivity index (χ4n) is 3.41. The van der Waals surface area contributed by atoms with Crippen LogP contribution in [0.25, 0.3) is 0 Å². The van der Waals surface area contributed by atoms with Crippen LogP contribution in [-0.4, -0.2) is 48.5 Å². The molecule has 0 aromatic heterocycles. The van der Waals surface area contributed by atoms with E-state index in [1.807, 2.05) is 36.1 Å². The monoisotopic (exact) mass is 353 g/mol. The van der Waals surface area contributed by atoms with Crippen LogP contribution in [0.4, 0.5) is 5.69 Å². The zero-order valence-corrected chi connectivity index (χ0v) is 14.8. The van der Waals surface area contributed by atoms with E-state index in [0.29, 0.717) is 30.4 Å². The van der Waals surface area contributed by atoms with Crippen molar-refractivity contribution in [1.29, 1.82) is 0 Å². The average Bonchev–Trinajstić information content (AvgIpc) is 2.93. The van der Waals surface area contributed by atoms with Crippen molar-refractivity contribution >= 4 is 29.9 Å². The first-order valence-electron chi connectivity index (χ1n) is 8.08. The number of anilines is 1. The number of hydrogen-bond donors (Lipinski definition) is 1. The molecule has 3 atom stereocenters. The third-order valence-electron chi connectivity index (χ3n) is 4.68. The number of fused-ring (bicyclic) bond motifs is 1. The standard InChI is InChI=1S/C17H23N3O3.ClH/c1-11-7-13(8-18)9-19(11)16(21)10-20-14-5-3-4-6-15(14)23-12(2)17(20)22;/h3-6,11-13H,7-10,18H2,1-2H3;1H. The molecule has 1 saturated heterocycles. The summed E-state index contributed by atoms with van der Waals surface area (Å²) in [5, 5.41) is 0. The van der Waals surface area contributed by atoms with Gasteiger partial charge in [-0.1, -0.05) is 12.1 Å². The number of carbonyl (C=O) groups is 2. The molecule has 3 unspecified atom stereocenters. The molecule has 6 nitrogen and oxygen atoms in total. The van der Waals surface area contributed by atoms with Gasteiger partial charge in [0.2, 0.25) is 5.91 Å². The van der Waals surface area contributed by atoms with Crippen molar-refractivity contribution in [3.05, 3.63) is 24.3 Å². The van der Waals surface area contributed by atoms with E-state index in [1.54, 1.807) is 6.92 Å². The molecule has 2 N–H and O–H groups in total. The Bertz CT molecular complexity index is 625. The summed E-state index contributed by atoms with van der Waals surface area (Å²) in [5.74, 6) is 0.771. The Morgan fingerprint density at radius 3 is 2.71 bits per heavy atom. The minimum absolute atomic E-state index is 0. The summed E-state index contributed by atoms with van der Waals surface area (Å²) < 4.78 is 5.60. The maximum absolute atomic E-state index is 12.7. The SMILES string of the molecule is CC1Oc2ccccc2N(CC(=O)N2CC(CN)CC2C)C1=O.Cl. The largest absolute Gasteiger partial charge is 0.479 e. The highest BCUT2D eigenvalue weighted by molar-refractivity contribution is 6.03. The van der Waals surface area contributed by atoms with Crippen molar-refractivity contribution < 1.29 is 14.3 Å². The smallest absolute Gasteiger partial charge is 0.268 e. The predicted molar refractivity (Wildman–Crippen MR) is 94.5 cm³/mol. The van der Waals surface area contributed by atoms with Crippen LogP contribution in [0, 0.1) is 5.92 Å². The van der Waals surface area contributed by atoms with Crippen LogP contribution in [-0.2, 0) is 9.59 Å². The maximum Gasteiger partial charge on any atom is 0.268 e. The van der Waals surface area contributed by atoms with Gasteiger partial charge in [-0.3, -0.25) is 14.5 Å². The van der Waals surface area contributed by atoms with E-state index in [0.717, 1.165) is 6.42 Å². The van der Waals surface area contributed by atoms with Crippen LogP contribution < -0.4 is 15.4 Å². The molecule has 24 heavy (non-hydrogen) atoms. The second-order valence-corrected chi connectivity index (χ2v) is 6.38. The Labute approximate surface area is 148 Å². The number of halogens is 1. The summed E-state index contributed by atoms with van der Waals surface area (Å²) in [6.07, 6.45) is 0.345. The number of likely N-dealkylation sites (tertiary alicyclic amines) is 1. The number of hydrogen-bond acceptors (Lipinski definition) is 4. The number of para-hydroxylation sites is 2. The Balaban J connectivity index is 0.00000208. The zero-order chi connectivity index (χ0) is 16.6. The Hall–Kier alpha value is -1.79. The molecule has 2 heterocycles. The highest BCUT2D eigenvalue weighted by atomic mass is 35.5. The van der Waals surface area contributed by atoms with Gasteiger partial charge in [-0.2, -0.15) is 0 Å². The van der Waals surface area contributed by atoms with Crippen LogP contribution >= 0.6 is 12.4 Å². The number of carbonyl (C=O) groups excluding carboxylic acids is 2. The molecule has 0 bridgehead atoms. The predicted octanol–water partition coefficient (Wildman–Crippen LogP) is 1.42. The van der Waals surface area contributed by atoms with E-state index < -0.39 is 6.10 Å². The second-order valence-electron chi connectivity index (χ2n) is 6.38. The molecular formula is C17H24ClN3O3. The lowest BCUT2D eigenvalue weighted by Crippen LogP contribution is -2.50. The number of nitrogens with two attached hydrogens (primary N) is 1. The van der Waals surface area contributed by atoms with Crippen molar-refractivity contribution in [1.82, 2.24) is 4.90 Å². The summed E-state index contributed by atoms with van der Waals surface area (Å²) in [5.41, 5.74) is 6.39. The van der Waals surface area contributed by atoms with E-state index in [-0.39, 0.29) is 36.8 Å². The summed E-state index contributed by atoms with van der Waals surface area (Å²) >= 11 is 0. The molecule has 2 amide bonds. The van der Waals surface area contributed by atoms with Gasteiger partial charge in [-0.05, 0) is 44.9 Å². The highest BCUT2D eigenvalue weighted by Crippen LogP contribution is 2.34. The van der Waals surface area contributed by atoms with Crippen LogP contribution in [0.15, 0.2) is 24.3 Å². The molecule has 0 saturated carbocycles. The van der Waals surface area contributed by atoms with Gasteiger partial charge in [0.05, 0.1) is 5.69 Å². The van der Waals surface area contributed by atoms with E-state index in [2.05, 4.69) is 0 Å². The molecule has 0 radical (unpaired) electrons.